The molecule has 1 amide bonds. The number of aromatic nitrogens is 3. The van der Waals surface area contributed by atoms with Crippen LogP contribution in [-0.2, 0) is 11.8 Å². The van der Waals surface area contributed by atoms with Gasteiger partial charge in [0.1, 0.15) is 5.65 Å². The molecule has 0 saturated carbocycles. The molecule has 30 heavy (non-hydrogen) atoms. The Morgan fingerprint density at radius 1 is 1.17 bits per heavy atom. The molecule has 6 heteroatoms. The number of fused-ring (bicyclic) bond motifs is 1. The van der Waals surface area contributed by atoms with Crippen molar-refractivity contribution in [1.82, 2.24) is 14.5 Å². The van der Waals surface area contributed by atoms with E-state index < -0.39 is 0 Å². The highest BCUT2D eigenvalue weighted by atomic mass is 16.2. The van der Waals surface area contributed by atoms with Gasteiger partial charge in [-0.2, -0.15) is 5.26 Å². The molecule has 3 aromatic heterocycles. The van der Waals surface area contributed by atoms with Crippen LogP contribution in [0.3, 0.4) is 0 Å². The average Bonchev–Trinajstić information content (AvgIpc) is 3.14. The summed E-state index contributed by atoms with van der Waals surface area (Å²) >= 11 is 0. The molecule has 0 aliphatic rings. The molecule has 0 N–H and O–H groups in total. The van der Waals surface area contributed by atoms with E-state index in [1.807, 2.05) is 42.1 Å². The van der Waals surface area contributed by atoms with Crippen molar-refractivity contribution in [2.45, 2.75) is 0 Å². The summed E-state index contributed by atoms with van der Waals surface area (Å²) in [5.41, 5.74) is 5.84. The zero-order valence-corrected chi connectivity index (χ0v) is 16.7. The molecule has 3 heterocycles. The number of rotatable bonds is 4. The standard InChI is InChI=1S/C24H19N5O/c1-4-23(30)29(3)20-9-18(12-26-14-20)19-10-21-22(15-28(2)24(21)27-13-19)17-7-5-6-16(8-17)11-25/h4-10,12-15H,1H2,2-3H3. The van der Waals surface area contributed by atoms with Gasteiger partial charge in [-0.25, -0.2) is 4.98 Å². The number of nitriles is 1. The summed E-state index contributed by atoms with van der Waals surface area (Å²) in [5.74, 6) is -0.203. The van der Waals surface area contributed by atoms with Gasteiger partial charge in [-0.05, 0) is 35.9 Å². The third kappa shape index (κ3) is 3.33. The molecule has 0 spiro atoms. The maximum absolute atomic E-state index is 11.9. The monoisotopic (exact) mass is 393 g/mol. The molecule has 4 rings (SSSR count). The molecule has 0 aliphatic carbocycles. The smallest absolute Gasteiger partial charge is 0.250 e. The Labute approximate surface area is 174 Å². The van der Waals surface area contributed by atoms with Gasteiger partial charge in [-0.3, -0.25) is 9.78 Å². The molecule has 146 valence electrons. The Morgan fingerprint density at radius 3 is 2.73 bits per heavy atom. The van der Waals surface area contributed by atoms with Gasteiger partial charge in [0, 0.05) is 54.8 Å². The average molecular weight is 393 g/mol. The number of amides is 1. The van der Waals surface area contributed by atoms with Crippen molar-refractivity contribution in [1.29, 1.82) is 5.26 Å². The van der Waals surface area contributed by atoms with Gasteiger partial charge in [0.15, 0.2) is 0 Å². The summed E-state index contributed by atoms with van der Waals surface area (Å²) in [6.45, 7) is 3.53. The third-order valence-corrected chi connectivity index (χ3v) is 5.07. The van der Waals surface area contributed by atoms with E-state index in [1.165, 1.54) is 11.0 Å². The molecule has 0 fully saturated rings. The van der Waals surface area contributed by atoms with E-state index >= 15 is 0 Å². The summed E-state index contributed by atoms with van der Waals surface area (Å²) < 4.78 is 1.97. The van der Waals surface area contributed by atoms with Crippen LogP contribution in [0.4, 0.5) is 5.69 Å². The molecule has 6 nitrogen and oxygen atoms in total. The second kappa shape index (κ2) is 7.64. The number of carbonyl (C=O) groups is 1. The van der Waals surface area contributed by atoms with Gasteiger partial charge in [-0.15, -0.1) is 0 Å². The molecule has 4 aromatic rings. The lowest BCUT2D eigenvalue weighted by Gasteiger charge is -2.15. The van der Waals surface area contributed by atoms with Crippen LogP contribution < -0.4 is 4.90 Å². The van der Waals surface area contributed by atoms with E-state index in [-0.39, 0.29) is 5.91 Å². The lowest BCUT2D eigenvalue weighted by Crippen LogP contribution is -2.23. The van der Waals surface area contributed by atoms with Gasteiger partial charge in [0.2, 0.25) is 5.91 Å². The Kier molecular flexibility index (Phi) is 4.87. The number of aryl methyl sites for hydroxylation is 1. The van der Waals surface area contributed by atoms with Crippen molar-refractivity contribution in [2.24, 2.45) is 7.05 Å². The fourth-order valence-electron chi connectivity index (χ4n) is 3.44. The highest BCUT2D eigenvalue weighted by Gasteiger charge is 2.13. The molecule has 0 radical (unpaired) electrons. The highest BCUT2D eigenvalue weighted by molar-refractivity contribution is 6.01. The normalized spacial score (nSPS) is 10.6. The molecule has 1 aromatic carbocycles. The quantitative estimate of drug-likeness (QED) is 0.484. The molecule has 0 aliphatic heterocycles. The largest absolute Gasteiger partial charge is 0.335 e. The maximum Gasteiger partial charge on any atom is 0.250 e. The molecular weight excluding hydrogens is 374 g/mol. The number of hydrogen-bond donors (Lipinski definition) is 0. The van der Waals surface area contributed by atoms with Crippen LogP contribution in [-0.4, -0.2) is 27.5 Å². The van der Waals surface area contributed by atoms with Crippen molar-refractivity contribution < 1.29 is 4.79 Å². The minimum atomic E-state index is -0.203. The number of benzene rings is 1. The van der Waals surface area contributed by atoms with Crippen LogP contribution in [0.2, 0.25) is 0 Å². The molecule has 0 bridgehead atoms. The van der Waals surface area contributed by atoms with Crippen LogP contribution in [0.25, 0.3) is 33.3 Å². The van der Waals surface area contributed by atoms with Crippen molar-refractivity contribution >= 4 is 22.6 Å². The van der Waals surface area contributed by atoms with Gasteiger partial charge in [0.05, 0.1) is 23.5 Å². The van der Waals surface area contributed by atoms with Gasteiger partial charge >= 0.3 is 0 Å². The van der Waals surface area contributed by atoms with E-state index in [0.29, 0.717) is 11.3 Å². The van der Waals surface area contributed by atoms with E-state index in [1.54, 1.807) is 31.7 Å². The summed E-state index contributed by atoms with van der Waals surface area (Å²) in [6.07, 6.45) is 8.47. The number of pyridine rings is 2. The van der Waals surface area contributed by atoms with Crippen LogP contribution >= 0.6 is 0 Å². The zero-order valence-electron chi connectivity index (χ0n) is 16.7. The first-order valence-electron chi connectivity index (χ1n) is 9.33. The minimum Gasteiger partial charge on any atom is -0.335 e. The molecule has 0 saturated heterocycles. The Morgan fingerprint density at radius 2 is 1.97 bits per heavy atom. The first-order chi connectivity index (χ1) is 14.5. The Hall–Kier alpha value is -4.24. The van der Waals surface area contributed by atoms with Crippen molar-refractivity contribution in [3.05, 3.63) is 79.4 Å². The summed E-state index contributed by atoms with van der Waals surface area (Å²) in [4.78, 5) is 22.4. The lowest BCUT2D eigenvalue weighted by molar-refractivity contribution is -0.113. The van der Waals surface area contributed by atoms with Crippen LogP contribution in [0.15, 0.2) is 73.8 Å². The van der Waals surface area contributed by atoms with Crippen molar-refractivity contribution in [3.8, 4) is 28.3 Å². The predicted octanol–water partition coefficient (Wildman–Crippen LogP) is 4.32. The first-order valence-corrected chi connectivity index (χ1v) is 9.33. The van der Waals surface area contributed by atoms with Gasteiger partial charge in [0.25, 0.3) is 0 Å². The summed E-state index contributed by atoms with van der Waals surface area (Å²) in [5, 5.41) is 10.2. The molecule has 0 atom stereocenters. The molecule has 0 unspecified atom stereocenters. The molecular formula is C24H19N5O. The first kappa shape index (κ1) is 19.1. The number of nitrogens with zero attached hydrogens (tertiary/aromatic N) is 5. The van der Waals surface area contributed by atoms with Gasteiger partial charge < -0.3 is 9.47 Å². The fraction of sp³-hybridized carbons (Fsp3) is 0.0833. The topological polar surface area (TPSA) is 74.8 Å². The van der Waals surface area contributed by atoms with Crippen LogP contribution in [0, 0.1) is 11.3 Å². The predicted molar refractivity (Wildman–Crippen MR) is 118 cm³/mol. The van der Waals surface area contributed by atoms with Crippen LogP contribution in [0.5, 0.6) is 0 Å². The number of likely N-dealkylation sites (N-methyl/N-ethyl adjacent to an activating group) is 1. The Bertz CT molecular complexity index is 1330. The summed E-state index contributed by atoms with van der Waals surface area (Å²) in [6, 6.07) is 13.7. The Balaban J connectivity index is 1.84. The highest BCUT2D eigenvalue weighted by Crippen LogP contribution is 2.33. The van der Waals surface area contributed by atoms with E-state index in [2.05, 4.69) is 28.7 Å². The van der Waals surface area contributed by atoms with Gasteiger partial charge in [-0.1, -0.05) is 18.7 Å². The number of anilines is 1. The van der Waals surface area contributed by atoms with Crippen molar-refractivity contribution in [3.63, 3.8) is 0 Å². The van der Waals surface area contributed by atoms with E-state index in [0.717, 1.165) is 33.3 Å². The van der Waals surface area contributed by atoms with Crippen molar-refractivity contribution in [2.75, 3.05) is 11.9 Å². The second-order valence-corrected chi connectivity index (χ2v) is 6.97. The second-order valence-electron chi connectivity index (χ2n) is 6.97. The van der Waals surface area contributed by atoms with E-state index in [4.69, 9.17) is 0 Å². The fourth-order valence-corrected chi connectivity index (χ4v) is 3.44. The minimum absolute atomic E-state index is 0.203. The zero-order chi connectivity index (χ0) is 21.3. The lowest BCUT2D eigenvalue weighted by atomic mass is 10.0. The van der Waals surface area contributed by atoms with Crippen LogP contribution in [0.1, 0.15) is 5.56 Å². The summed E-state index contributed by atoms with van der Waals surface area (Å²) in [7, 11) is 3.63. The third-order valence-electron chi connectivity index (χ3n) is 5.07. The maximum atomic E-state index is 11.9. The number of hydrogen-bond acceptors (Lipinski definition) is 4. The number of carbonyl (C=O) groups excluding carboxylic acids is 1. The SMILES string of the molecule is C=CC(=O)N(C)c1cncc(-c2cnc3c(c2)c(-c2cccc(C#N)c2)cn3C)c1. The van der Waals surface area contributed by atoms with E-state index in [9.17, 15) is 10.1 Å².